The largest absolute Gasteiger partial charge is 0.310 e. The summed E-state index contributed by atoms with van der Waals surface area (Å²) in [4.78, 5) is 23.4. The first kappa shape index (κ1) is 12.1. The van der Waals surface area contributed by atoms with Crippen molar-refractivity contribution in [1.29, 1.82) is 0 Å². The molecule has 1 aliphatic rings. The third-order valence-corrected chi connectivity index (χ3v) is 3.66. The maximum Gasteiger partial charge on any atom is 0.251 e. The van der Waals surface area contributed by atoms with Gasteiger partial charge in [-0.2, -0.15) is 0 Å². The van der Waals surface area contributed by atoms with Crippen LogP contribution in [-0.2, 0) is 6.42 Å². The highest BCUT2D eigenvalue weighted by Crippen LogP contribution is 2.32. The smallest absolute Gasteiger partial charge is 0.251 e. The lowest BCUT2D eigenvalue weighted by atomic mass is 10.0. The Balaban J connectivity index is 1.87. The van der Waals surface area contributed by atoms with E-state index >= 15 is 0 Å². The maximum absolute atomic E-state index is 11.7. The molecule has 2 aromatic heterocycles. The average Bonchev–Trinajstić information content (AvgIpc) is 2.93. The molecule has 1 N–H and O–H groups in total. The molecule has 0 radical (unpaired) electrons. The molecular formula is C15H17N3O. The Morgan fingerprint density at radius 3 is 2.84 bits per heavy atom. The van der Waals surface area contributed by atoms with Crippen LogP contribution in [0.1, 0.15) is 48.8 Å². The van der Waals surface area contributed by atoms with Crippen molar-refractivity contribution in [2.45, 2.75) is 38.0 Å². The molecular weight excluding hydrogens is 238 g/mol. The standard InChI is InChI=1S/C15H17N3O/c19-15-10-13(11-5-1-2-6-11)17-14(18-15)9-12-7-3-4-8-16-12/h3-4,7-8,10-11H,1-2,5-6,9H2,(H,17,18,19). The van der Waals surface area contributed by atoms with Gasteiger partial charge in [-0.25, -0.2) is 4.98 Å². The van der Waals surface area contributed by atoms with Crippen molar-refractivity contribution >= 4 is 0 Å². The molecule has 0 aromatic carbocycles. The van der Waals surface area contributed by atoms with E-state index in [2.05, 4.69) is 15.0 Å². The molecule has 3 rings (SSSR count). The van der Waals surface area contributed by atoms with Gasteiger partial charge in [0.2, 0.25) is 0 Å². The number of H-pyrrole nitrogens is 1. The fourth-order valence-electron chi connectivity index (χ4n) is 2.72. The Bertz CT molecular complexity index is 600. The van der Waals surface area contributed by atoms with E-state index in [0.29, 0.717) is 18.2 Å². The summed E-state index contributed by atoms with van der Waals surface area (Å²) in [5.41, 5.74) is 1.82. The third-order valence-electron chi connectivity index (χ3n) is 3.66. The van der Waals surface area contributed by atoms with Gasteiger partial charge in [0.05, 0.1) is 5.69 Å². The normalized spacial score (nSPS) is 15.8. The summed E-state index contributed by atoms with van der Waals surface area (Å²) in [6.07, 6.45) is 7.13. The fraction of sp³-hybridized carbons (Fsp3) is 0.400. The van der Waals surface area contributed by atoms with Crippen LogP contribution in [0.3, 0.4) is 0 Å². The zero-order chi connectivity index (χ0) is 13.1. The number of aromatic nitrogens is 3. The predicted molar refractivity (Wildman–Crippen MR) is 73.1 cm³/mol. The number of hydrogen-bond donors (Lipinski definition) is 1. The van der Waals surface area contributed by atoms with Gasteiger partial charge in [0.15, 0.2) is 0 Å². The summed E-state index contributed by atoms with van der Waals surface area (Å²) in [7, 11) is 0. The zero-order valence-electron chi connectivity index (χ0n) is 10.8. The lowest BCUT2D eigenvalue weighted by Crippen LogP contribution is -2.14. The summed E-state index contributed by atoms with van der Waals surface area (Å²) in [5.74, 6) is 1.18. The van der Waals surface area contributed by atoms with Crippen molar-refractivity contribution in [3.63, 3.8) is 0 Å². The van der Waals surface area contributed by atoms with Crippen LogP contribution in [0.15, 0.2) is 35.3 Å². The van der Waals surface area contributed by atoms with Gasteiger partial charge < -0.3 is 4.98 Å². The first-order valence-corrected chi connectivity index (χ1v) is 6.81. The van der Waals surface area contributed by atoms with Gasteiger partial charge in [-0.15, -0.1) is 0 Å². The molecule has 0 saturated heterocycles. The number of nitrogens with zero attached hydrogens (tertiary/aromatic N) is 2. The van der Waals surface area contributed by atoms with Gasteiger partial charge in [-0.05, 0) is 25.0 Å². The molecule has 0 atom stereocenters. The molecule has 0 amide bonds. The van der Waals surface area contributed by atoms with Crippen molar-refractivity contribution in [3.8, 4) is 0 Å². The van der Waals surface area contributed by atoms with E-state index in [-0.39, 0.29) is 5.56 Å². The second-order valence-electron chi connectivity index (χ2n) is 5.10. The van der Waals surface area contributed by atoms with Gasteiger partial charge in [-0.3, -0.25) is 9.78 Å². The van der Waals surface area contributed by atoms with Crippen molar-refractivity contribution in [3.05, 3.63) is 58.0 Å². The van der Waals surface area contributed by atoms with Gasteiger partial charge in [-0.1, -0.05) is 18.9 Å². The molecule has 1 saturated carbocycles. The number of pyridine rings is 1. The van der Waals surface area contributed by atoms with Gasteiger partial charge in [0.1, 0.15) is 5.82 Å². The summed E-state index contributed by atoms with van der Waals surface area (Å²) in [5, 5.41) is 0. The molecule has 2 aromatic rings. The molecule has 1 aliphatic carbocycles. The number of aromatic amines is 1. The Labute approximate surface area is 111 Å². The van der Waals surface area contributed by atoms with Crippen LogP contribution in [0.25, 0.3) is 0 Å². The molecule has 0 aliphatic heterocycles. The summed E-state index contributed by atoms with van der Waals surface area (Å²) >= 11 is 0. The lowest BCUT2D eigenvalue weighted by Gasteiger charge is -2.09. The summed E-state index contributed by atoms with van der Waals surface area (Å²) in [6.45, 7) is 0. The minimum atomic E-state index is -0.0529. The van der Waals surface area contributed by atoms with Crippen LogP contribution in [0.2, 0.25) is 0 Å². The molecule has 2 heterocycles. The third kappa shape index (κ3) is 2.89. The molecule has 0 unspecified atom stereocenters. The zero-order valence-corrected chi connectivity index (χ0v) is 10.8. The molecule has 98 valence electrons. The Hall–Kier alpha value is -1.97. The van der Waals surface area contributed by atoms with Crippen LogP contribution >= 0.6 is 0 Å². The monoisotopic (exact) mass is 255 g/mol. The van der Waals surface area contributed by atoms with Gasteiger partial charge >= 0.3 is 0 Å². The SMILES string of the molecule is O=c1cc(C2CCCC2)nc(Cc2ccccn2)[nH]1. The molecule has 0 spiro atoms. The second-order valence-corrected chi connectivity index (χ2v) is 5.10. The van der Waals surface area contributed by atoms with E-state index < -0.39 is 0 Å². The first-order valence-electron chi connectivity index (χ1n) is 6.81. The van der Waals surface area contributed by atoms with Crippen LogP contribution in [0.4, 0.5) is 0 Å². The van der Waals surface area contributed by atoms with E-state index in [9.17, 15) is 4.79 Å². The van der Waals surface area contributed by atoms with Crippen molar-refractivity contribution in [2.75, 3.05) is 0 Å². The topological polar surface area (TPSA) is 58.6 Å². The predicted octanol–water partition coefficient (Wildman–Crippen LogP) is 2.41. The molecule has 1 fully saturated rings. The quantitative estimate of drug-likeness (QED) is 0.916. The Kier molecular flexibility index (Phi) is 3.40. The second kappa shape index (κ2) is 5.34. The van der Waals surface area contributed by atoms with Crippen molar-refractivity contribution in [1.82, 2.24) is 15.0 Å². The molecule has 4 nitrogen and oxygen atoms in total. The van der Waals surface area contributed by atoms with Crippen LogP contribution in [0, 0.1) is 0 Å². The summed E-state index contributed by atoms with van der Waals surface area (Å²) in [6, 6.07) is 7.43. The minimum absolute atomic E-state index is 0.0529. The average molecular weight is 255 g/mol. The fourth-order valence-corrected chi connectivity index (χ4v) is 2.72. The van der Waals surface area contributed by atoms with E-state index in [4.69, 9.17) is 0 Å². The number of nitrogens with one attached hydrogen (secondary N) is 1. The molecule has 0 bridgehead atoms. The van der Waals surface area contributed by atoms with E-state index in [1.54, 1.807) is 12.3 Å². The van der Waals surface area contributed by atoms with E-state index in [1.807, 2.05) is 18.2 Å². The van der Waals surface area contributed by atoms with Crippen molar-refractivity contribution < 1.29 is 0 Å². The van der Waals surface area contributed by atoms with E-state index in [0.717, 1.165) is 24.2 Å². The van der Waals surface area contributed by atoms with Crippen LogP contribution in [0.5, 0.6) is 0 Å². The first-order chi connectivity index (χ1) is 9.31. The van der Waals surface area contributed by atoms with Crippen LogP contribution in [-0.4, -0.2) is 15.0 Å². The maximum atomic E-state index is 11.7. The molecule has 19 heavy (non-hydrogen) atoms. The van der Waals surface area contributed by atoms with Crippen LogP contribution < -0.4 is 5.56 Å². The number of rotatable bonds is 3. The number of hydrogen-bond acceptors (Lipinski definition) is 3. The molecule has 4 heteroatoms. The summed E-state index contributed by atoms with van der Waals surface area (Å²) < 4.78 is 0. The van der Waals surface area contributed by atoms with Gasteiger partial charge in [0, 0.05) is 30.3 Å². The lowest BCUT2D eigenvalue weighted by molar-refractivity contribution is 0.682. The Morgan fingerprint density at radius 2 is 2.11 bits per heavy atom. The highest BCUT2D eigenvalue weighted by atomic mass is 16.1. The highest BCUT2D eigenvalue weighted by Gasteiger charge is 2.19. The Morgan fingerprint density at radius 1 is 1.26 bits per heavy atom. The highest BCUT2D eigenvalue weighted by molar-refractivity contribution is 5.14. The van der Waals surface area contributed by atoms with Gasteiger partial charge in [0.25, 0.3) is 5.56 Å². The van der Waals surface area contributed by atoms with E-state index in [1.165, 1.54) is 12.8 Å². The minimum Gasteiger partial charge on any atom is -0.310 e. The van der Waals surface area contributed by atoms with Crippen molar-refractivity contribution in [2.24, 2.45) is 0 Å².